The first-order valence-electron chi connectivity index (χ1n) is 8.25. The van der Waals surface area contributed by atoms with E-state index in [9.17, 15) is 8.42 Å². The zero-order chi connectivity index (χ0) is 18.0. The number of aryl methyl sites for hydroxylation is 2. The van der Waals surface area contributed by atoms with Gasteiger partial charge in [0.15, 0.2) is 0 Å². The molecule has 1 aromatic carbocycles. The number of piperazine rings is 1. The lowest BCUT2D eigenvalue weighted by Gasteiger charge is -2.35. The zero-order valence-electron chi connectivity index (χ0n) is 14.8. The van der Waals surface area contributed by atoms with E-state index in [1.807, 2.05) is 25.1 Å². The number of benzene rings is 1. The fraction of sp³-hybridized carbons (Fsp3) is 0.389. The number of sulfonamides is 1. The molecule has 0 radical (unpaired) electrons. The molecule has 0 aliphatic carbocycles. The Balaban J connectivity index is 1.80. The number of hydrogen-bond acceptors (Lipinski definition) is 5. The number of aromatic nitrogens is 1. The number of rotatable bonds is 4. The van der Waals surface area contributed by atoms with Crippen LogP contribution in [-0.4, -0.2) is 51.0 Å². The Morgan fingerprint density at radius 2 is 1.76 bits per heavy atom. The first-order valence-corrected chi connectivity index (χ1v) is 9.69. The van der Waals surface area contributed by atoms with Crippen LogP contribution in [0.4, 0.5) is 5.82 Å². The Kier molecular flexibility index (Phi) is 4.96. The molecule has 1 aliphatic heterocycles. The molecule has 1 saturated heterocycles. The molecule has 0 bridgehead atoms. The molecule has 7 heteroatoms. The van der Waals surface area contributed by atoms with Crippen LogP contribution in [0, 0.1) is 13.8 Å². The molecule has 0 atom stereocenters. The SMILES string of the molecule is COc1cc(C)c(S(=O)(=O)N2CCN(c3ccccn3)CC2)cc1C. The summed E-state index contributed by atoms with van der Waals surface area (Å²) < 4.78 is 32.9. The molecule has 0 amide bonds. The topological polar surface area (TPSA) is 62.7 Å². The van der Waals surface area contributed by atoms with Crippen LogP contribution in [0.5, 0.6) is 5.75 Å². The highest BCUT2D eigenvalue weighted by atomic mass is 32.2. The summed E-state index contributed by atoms with van der Waals surface area (Å²) in [5.41, 5.74) is 1.52. The monoisotopic (exact) mass is 361 g/mol. The molecule has 0 N–H and O–H groups in total. The highest BCUT2D eigenvalue weighted by Gasteiger charge is 2.30. The Labute approximate surface area is 149 Å². The summed E-state index contributed by atoms with van der Waals surface area (Å²) in [6.07, 6.45) is 1.75. The van der Waals surface area contributed by atoms with Gasteiger partial charge in [-0.05, 0) is 49.2 Å². The lowest BCUT2D eigenvalue weighted by Crippen LogP contribution is -2.49. The molecule has 0 saturated carbocycles. The van der Waals surface area contributed by atoms with E-state index < -0.39 is 10.0 Å². The van der Waals surface area contributed by atoms with Gasteiger partial charge in [-0.25, -0.2) is 13.4 Å². The van der Waals surface area contributed by atoms with Gasteiger partial charge in [-0.15, -0.1) is 0 Å². The predicted octanol–water partition coefficient (Wildman–Crippen LogP) is 2.22. The number of pyridine rings is 1. The molecule has 25 heavy (non-hydrogen) atoms. The minimum Gasteiger partial charge on any atom is -0.496 e. The van der Waals surface area contributed by atoms with Crippen molar-refractivity contribution in [2.75, 3.05) is 38.2 Å². The third-order valence-electron chi connectivity index (χ3n) is 4.52. The van der Waals surface area contributed by atoms with Crippen molar-refractivity contribution >= 4 is 15.8 Å². The number of methoxy groups -OCH3 is 1. The average Bonchev–Trinajstić information content (AvgIpc) is 2.64. The normalized spacial score (nSPS) is 16.0. The summed E-state index contributed by atoms with van der Waals surface area (Å²) in [6.45, 7) is 5.82. The van der Waals surface area contributed by atoms with Crippen molar-refractivity contribution in [3.8, 4) is 5.75 Å². The average molecular weight is 361 g/mol. The predicted molar refractivity (Wildman–Crippen MR) is 97.7 cm³/mol. The molecule has 2 aromatic rings. The minimum atomic E-state index is -3.52. The van der Waals surface area contributed by atoms with Crippen molar-refractivity contribution in [1.29, 1.82) is 0 Å². The Hall–Kier alpha value is -2.12. The third-order valence-corrected chi connectivity index (χ3v) is 6.56. The number of ether oxygens (including phenoxy) is 1. The molecule has 134 valence electrons. The molecule has 2 heterocycles. The molecule has 1 aliphatic rings. The molecule has 0 unspecified atom stereocenters. The number of nitrogens with zero attached hydrogens (tertiary/aromatic N) is 3. The van der Waals surface area contributed by atoms with Gasteiger partial charge < -0.3 is 9.64 Å². The van der Waals surface area contributed by atoms with Crippen LogP contribution in [0.1, 0.15) is 11.1 Å². The van der Waals surface area contributed by atoms with Crippen molar-refractivity contribution in [2.24, 2.45) is 0 Å². The maximum Gasteiger partial charge on any atom is 0.243 e. The van der Waals surface area contributed by atoms with Crippen molar-refractivity contribution in [3.63, 3.8) is 0 Å². The lowest BCUT2D eigenvalue weighted by atomic mass is 10.1. The maximum absolute atomic E-state index is 13.1. The van der Waals surface area contributed by atoms with Crippen molar-refractivity contribution in [1.82, 2.24) is 9.29 Å². The standard InChI is InChI=1S/C18H23N3O3S/c1-14-13-17(15(2)12-16(14)24-3)25(22,23)21-10-8-20(9-11-21)18-6-4-5-7-19-18/h4-7,12-13H,8-11H2,1-3H3. The van der Waals surface area contributed by atoms with Crippen LogP contribution in [-0.2, 0) is 10.0 Å². The van der Waals surface area contributed by atoms with E-state index >= 15 is 0 Å². The van der Waals surface area contributed by atoms with E-state index in [4.69, 9.17) is 4.74 Å². The van der Waals surface area contributed by atoms with Crippen LogP contribution < -0.4 is 9.64 Å². The van der Waals surface area contributed by atoms with E-state index in [1.165, 1.54) is 0 Å². The van der Waals surface area contributed by atoms with Gasteiger partial charge in [0, 0.05) is 32.4 Å². The molecule has 1 aromatic heterocycles. The van der Waals surface area contributed by atoms with Crippen LogP contribution in [0.3, 0.4) is 0 Å². The molecular formula is C18H23N3O3S. The summed E-state index contributed by atoms with van der Waals surface area (Å²) in [4.78, 5) is 6.80. The van der Waals surface area contributed by atoms with Gasteiger partial charge in [-0.3, -0.25) is 0 Å². The second-order valence-corrected chi connectivity index (χ2v) is 8.07. The summed E-state index contributed by atoms with van der Waals surface area (Å²) in [6, 6.07) is 9.25. The molecule has 6 nitrogen and oxygen atoms in total. The second kappa shape index (κ2) is 7.01. The molecule has 3 rings (SSSR count). The first-order chi connectivity index (χ1) is 11.9. The van der Waals surface area contributed by atoms with Crippen LogP contribution >= 0.6 is 0 Å². The lowest BCUT2D eigenvalue weighted by molar-refractivity contribution is 0.383. The largest absolute Gasteiger partial charge is 0.496 e. The smallest absolute Gasteiger partial charge is 0.243 e. The minimum absolute atomic E-state index is 0.358. The van der Waals surface area contributed by atoms with Crippen LogP contribution in [0.25, 0.3) is 0 Å². The summed E-state index contributed by atoms with van der Waals surface area (Å²) >= 11 is 0. The Bertz CT molecular complexity index is 845. The quantitative estimate of drug-likeness (QED) is 0.836. The molecule has 1 fully saturated rings. The van der Waals surface area contributed by atoms with E-state index in [0.717, 1.165) is 11.4 Å². The molecular weight excluding hydrogens is 338 g/mol. The van der Waals surface area contributed by atoms with Gasteiger partial charge in [0.2, 0.25) is 10.0 Å². The second-order valence-electron chi connectivity index (χ2n) is 6.17. The third kappa shape index (κ3) is 3.48. The van der Waals surface area contributed by atoms with Gasteiger partial charge in [-0.2, -0.15) is 4.31 Å². The Morgan fingerprint density at radius 1 is 1.04 bits per heavy atom. The fourth-order valence-electron chi connectivity index (χ4n) is 3.10. The van der Waals surface area contributed by atoms with Gasteiger partial charge in [-0.1, -0.05) is 6.07 Å². The van der Waals surface area contributed by atoms with Crippen LogP contribution in [0.15, 0.2) is 41.4 Å². The fourth-order valence-corrected chi connectivity index (χ4v) is 4.81. The van der Waals surface area contributed by atoms with E-state index in [0.29, 0.717) is 42.4 Å². The highest BCUT2D eigenvalue weighted by Crippen LogP contribution is 2.28. The summed E-state index contributed by atoms with van der Waals surface area (Å²) in [7, 11) is -1.93. The highest BCUT2D eigenvalue weighted by molar-refractivity contribution is 7.89. The molecule has 0 spiro atoms. The summed E-state index contributed by atoms with van der Waals surface area (Å²) in [5.74, 6) is 1.59. The van der Waals surface area contributed by atoms with Gasteiger partial charge >= 0.3 is 0 Å². The summed E-state index contributed by atoms with van der Waals surface area (Å²) in [5, 5.41) is 0. The van der Waals surface area contributed by atoms with E-state index in [2.05, 4.69) is 9.88 Å². The Morgan fingerprint density at radius 3 is 2.36 bits per heavy atom. The number of hydrogen-bond donors (Lipinski definition) is 0. The maximum atomic E-state index is 13.1. The van der Waals surface area contributed by atoms with Gasteiger partial charge in [0.1, 0.15) is 11.6 Å². The van der Waals surface area contributed by atoms with E-state index in [-0.39, 0.29) is 0 Å². The van der Waals surface area contributed by atoms with Crippen molar-refractivity contribution < 1.29 is 13.2 Å². The van der Waals surface area contributed by atoms with Crippen molar-refractivity contribution in [3.05, 3.63) is 47.7 Å². The number of anilines is 1. The van der Waals surface area contributed by atoms with E-state index in [1.54, 1.807) is 36.7 Å². The van der Waals surface area contributed by atoms with Gasteiger partial charge in [0.05, 0.1) is 12.0 Å². The zero-order valence-corrected chi connectivity index (χ0v) is 15.6. The van der Waals surface area contributed by atoms with Crippen LogP contribution in [0.2, 0.25) is 0 Å². The first kappa shape index (κ1) is 17.7. The van der Waals surface area contributed by atoms with Crippen molar-refractivity contribution in [2.45, 2.75) is 18.7 Å². The van der Waals surface area contributed by atoms with Gasteiger partial charge in [0.25, 0.3) is 0 Å².